The van der Waals surface area contributed by atoms with Crippen molar-refractivity contribution in [2.45, 2.75) is 60.8 Å². The first kappa shape index (κ1) is 18.9. The summed E-state index contributed by atoms with van der Waals surface area (Å²) in [6.07, 6.45) is 25.0. The van der Waals surface area contributed by atoms with Crippen LogP contribution in [0.4, 0.5) is 0 Å². The zero-order valence-electron chi connectivity index (χ0n) is 14.7. The van der Waals surface area contributed by atoms with Gasteiger partial charge in [-0.1, -0.05) is 0 Å². The van der Waals surface area contributed by atoms with Crippen LogP contribution in [0.2, 0.25) is 8.45 Å². The predicted molar refractivity (Wildman–Crippen MR) is 95.0 cm³/mol. The van der Waals surface area contributed by atoms with Crippen LogP contribution in [0.15, 0.2) is 48.6 Å². The van der Waals surface area contributed by atoms with Crippen LogP contribution in [-0.2, 0) is 24.0 Å². The fourth-order valence-electron chi connectivity index (χ4n) is 3.22. The predicted octanol–water partition coefficient (Wildman–Crippen LogP) is 6.21. The van der Waals surface area contributed by atoms with Crippen LogP contribution in [0.3, 0.4) is 0 Å². The van der Waals surface area contributed by atoms with Gasteiger partial charge in [0.1, 0.15) is 0 Å². The van der Waals surface area contributed by atoms with Crippen molar-refractivity contribution >= 4 is 0 Å². The molecule has 0 unspecified atom stereocenters. The van der Waals surface area contributed by atoms with E-state index in [-0.39, 0.29) is 0 Å². The van der Waals surface area contributed by atoms with Gasteiger partial charge in [-0.3, -0.25) is 0 Å². The minimum atomic E-state index is -3.00. The summed E-state index contributed by atoms with van der Waals surface area (Å²) in [6, 6.07) is 0. The van der Waals surface area contributed by atoms with Crippen molar-refractivity contribution < 1.29 is 24.0 Å². The number of allylic oxidation sites excluding steroid dienone is 8. The van der Waals surface area contributed by atoms with Gasteiger partial charge in [-0.2, -0.15) is 0 Å². The standard InChI is InChI=1S/2C5H11O.2C5H5.Ti/c2*1-2-3-4-5-6;2*1-2-4-5-3-1;/h2*2-5H2,1H3;2*1-5H;/q2*-1;;;+2. The Hall–Kier alpha value is -0.406. The first-order valence-electron chi connectivity index (χ1n) is 9.31. The van der Waals surface area contributed by atoms with Crippen molar-refractivity contribution in [1.29, 1.82) is 0 Å². The van der Waals surface area contributed by atoms with E-state index >= 15 is 0 Å². The molecule has 128 valence electrons. The Morgan fingerprint density at radius 3 is 1.39 bits per heavy atom. The van der Waals surface area contributed by atoms with Crippen LogP contribution >= 0.6 is 0 Å². The number of hydrogen-bond donors (Lipinski definition) is 0. The molecule has 0 radical (unpaired) electrons. The van der Waals surface area contributed by atoms with E-state index in [0.29, 0.717) is 8.45 Å². The van der Waals surface area contributed by atoms with Crippen molar-refractivity contribution in [1.82, 2.24) is 0 Å². The van der Waals surface area contributed by atoms with Gasteiger partial charge in [0.2, 0.25) is 0 Å². The fourth-order valence-corrected chi connectivity index (χ4v) is 9.06. The zero-order chi connectivity index (χ0) is 16.4. The van der Waals surface area contributed by atoms with E-state index < -0.39 is 17.4 Å². The number of unbranched alkanes of at least 4 members (excludes halogenated alkanes) is 4. The normalized spacial score (nSPS) is 17.8. The summed E-state index contributed by atoms with van der Waals surface area (Å²) in [5.41, 5.74) is 0. The number of rotatable bonds is 12. The molecule has 2 rings (SSSR count). The Morgan fingerprint density at radius 1 is 0.652 bits per heavy atom. The Kier molecular flexibility index (Phi) is 8.61. The molecular formula is C20H32O2Ti. The van der Waals surface area contributed by atoms with Gasteiger partial charge >= 0.3 is 147 Å². The van der Waals surface area contributed by atoms with Gasteiger partial charge in [0, 0.05) is 0 Å². The Morgan fingerprint density at radius 2 is 1.04 bits per heavy atom. The van der Waals surface area contributed by atoms with Crippen molar-refractivity contribution in [3.8, 4) is 0 Å². The molecule has 0 fully saturated rings. The molecule has 2 aliphatic rings. The average molecular weight is 352 g/mol. The molecule has 2 aliphatic carbocycles. The summed E-state index contributed by atoms with van der Waals surface area (Å²) < 4.78 is 14.0. The number of hydrogen-bond acceptors (Lipinski definition) is 2. The maximum atomic E-state index is 6.64. The second kappa shape index (κ2) is 10.5. The Balaban J connectivity index is 2.10. The van der Waals surface area contributed by atoms with Crippen molar-refractivity contribution in [2.75, 3.05) is 13.2 Å². The van der Waals surface area contributed by atoms with Crippen molar-refractivity contribution in [3.63, 3.8) is 0 Å². The van der Waals surface area contributed by atoms with Gasteiger partial charge in [-0.25, -0.2) is 0 Å². The van der Waals surface area contributed by atoms with Crippen molar-refractivity contribution in [3.05, 3.63) is 48.6 Å². The van der Waals surface area contributed by atoms with Crippen LogP contribution in [0.5, 0.6) is 0 Å². The molecule has 0 bridgehead atoms. The van der Waals surface area contributed by atoms with Gasteiger partial charge in [0.25, 0.3) is 0 Å². The summed E-state index contributed by atoms with van der Waals surface area (Å²) in [5.74, 6) is 0. The van der Waals surface area contributed by atoms with Crippen LogP contribution in [-0.4, -0.2) is 13.2 Å². The van der Waals surface area contributed by atoms with Crippen LogP contribution in [0.25, 0.3) is 0 Å². The van der Waals surface area contributed by atoms with E-state index in [9.17, 15) is 0 Å². The van der Waals surface area contributed by atoms with Gasteiger partial charge in [0.05, 0.1) is 0 Å². The monoisotopic (exact) mass is 352 g/mol. The third-order valence-electron chi connectivity index (χ3n) is 4.58. The molecule has 0 heterocycles. The molecule has 0 saturated heterocycles. The summed E-state index contributed by atoms with van der Waals surface area (Å²) in [7, 11) is 0. The second-order valence-corrected chi connectivity index (χ2v) is 11.7. The molecule has 0 aromatic heterocycles. The molecule has 3 heteroatoms. The van der Waals surface area contributed by atoms with Crippen LogP contribution < -0.4 is 0 Å². The zero-order valence-corrected chi connectivity index (χ0v) is 16.3. The first-order valence-corrected chi connectivity index (χ1v) is 12.4. The van der Waals surface area contributed by atoms with Gasteiger partial charge in [-0.15, -0.1) is 0 Å². The van der Waals surface area contributed by atoms with Gasteiger partial charge in [-0.05, 0) is 0 Å². The molecule has 0 spiro atoms. The van der Waals surface area contributed by atoms with Crippen LogP contribution in [0.1, 0.15) is 52.4 Å². The third kappa shape index (κ3) is 5.29. The summed E-state index contributed by atoms with van der Waals surface area (Å²) in [4.78, 5) is 0. The molecule has 23 heavy (non-hydrogen) atoms. The molecule has 0 N–H and O–H groups in total. The van der Waals surface area contributed by atoms with E-state index in [1.807, 2.05) is 0 Å². The van der Waals surface area contributed by atoms with Gasteiger partial charge in [0.15, 0.2) is 0 Å². The molecular weight excluding hydrogens is 320 g/mol. The van der Waals surface area contributed by atoms with E-state index in [0.717, 1.165) is 26.1 Å². The molecule has 0 aromatic rings. The topological polar surface area (TPSA) is 18.5 Å². The second-order valence-electron chi connectivity index (χ2n) is 6.42. The first-order chi connectivity index (χ1) is 11.3. The summed E-state index contributed by atoms with van der Waals surface area (Å²) >= 11 is -3.00. The molecule has 0 saturated carbocycles. The Labute approximate surface area is 146 Å². The summed E-state index contributed by atoms with van der Waals surface area (Å²) in [6.45, 7) is 6.16. The molecule has 2 nitrogen and oxygen atoms in total. The summed E-state index contributed by atoms with van der Waals surface area (Å²) in [5, 5.41) is 0. The van der Waals surface area contributed by atoms with E-state index in [2.05, 4.69) is 62.5 Å². The average Bonchev–Trinajstić information content (AvgIpc) is 3.27. The van der Waals surface area contributed by atoms with E-state index in [4.69, 9.17) is 6.64 Å². The van der Waals surface area contributed by atoms with Gasteiger partial charge < -0.3 is 0 Å². The van der Waals surface area contributed by atoms with Crippen LogP contribution in [0, 0.1) is 0 Å². The van der Waals surface area contributed by atoms with Crippen molar-refractivity contribution in [2.24, 2.45) is 0 Å². The molecule has 0 aromatic carbocycles. The minimum absolute atomic E-state index is 0.371. The Bertz CT molecular complexity index is 385. The maximum absolute atomic E-state index is 6.64. The SMILES string of the molecule is CCCCC[O][Ti]([O]CCCCC)([CH]1C=CC=C1)[CH]1C=CC=C1. The molecule has 0 atom stereocenters. The quantitative estimate of drug-likeness (QED) is 0.307. The molecule has 0 aliphatic heterocycles. The fraction of sp³-hybridized carbons (Fsp3) is 0.600. The van der Waals surface area contributed by atoms with E-state index in [1.165, 1.54) is 25.7 Å². The third-order valence-corrected chi connectivity index (χ3v) is 10.7. The molecule has 0 amide bonds. The van der Waals surface area contributed by atoms with E-state index in [1.54, 1.807) is 0 Å².